The number of hydrogen-bond donors (Lipinski definition) is 1. The lowest BCUT2D eigenvalue weighted by atomic mass is 10.6. The molecule has 0 aliphatic carbocycles. The van der Waals surface area contributed by atoms with Gasteiger partial charge in [0.25, 0.3) is 0 Å². The lowest BCUT2D eigenvalue weighted by molar-refractivity contribution is 0.194. The van der Waals surface area contributed by atoms with Crippen molar-refractivity contribution in [3.63, 3.8) is 0 Å². The Morgan fingerprint density at radius 3 is 1.80 bits per heavy atom. The van der Waals surface area contributed by atoms with E-state index in [1.807, 2.05) is 0 Å². The van der Waals surface area contributed by atoms with Gasteiger partial charge >= 0.3 is 0 Å². The molecule has 1 aliphatic rings. The van der Waals surface area contributed by atoms with E-state index >= 15 is 0 Å². The fourth-order valence-corrected chi connectivity index (χ4v) is 0.235. The van der Waals surface area contributed by atoms with Gasteiger partial charge in [0.1, 0.15) is 0 Å². The molecule has 10 heavy (non-hydrogen) atoms. The predicted molar refractivity (Wildman–Crippen MR) is 44.1 cm³/mol. The Balaban J connectivity index is 0.000000219. The Labute approximate surface area is 62.6 Å². The van der Waals surface area contributed by atoms with Crippen LogP contribution < -0.4 is 5.32 Å². The monoisotopic (exact) mass is 141 g/mol. The molecule has 2 nitrogen and oxygen atoms in total. The molecule has 0 amide bonds. The molecule has 0 spiro atoms. The number of rotatable bonds is 4. The lowest BCUT2D eigenvalue weighted by Crippen LogP contribution is -1.87. The highest BCUT2D eigenvalue weighted by Gasteiger charge is 1.91. The van der Waals surface area contributed by atoms with E-state index in [0.29, 0.717) is 13.2 Å². The fourth-order valence-electron chi connectivity index (χ4n) is 0.235. The van der Waals surface area contributed by atoms with Crippen molar-refractivity contribution in [2.24, 2.45) is 0 Å². The topological polar surface area (TPSA) is 31.2 Å². The normalized spacial score (nSPS) is 12.8. The summed E-state index contributed by atoms with van der Waals surface area (Å²) in [6.07, 6.45) is 3.42. The van der Waals surface area contributed by atoms with Gasteiger partial charge in [-0.15, -0.1) is 13.2 Å². The number of ether oxygens (including phenoxy) is 1. The number of hydrogen-bond acceptors (Lipinski definition) is 2. The van der Waals surface area contributed by atoms with Gasteiger partial charge in [0, 0.05) is 13.1 Å². The molecule has 0 aromatic heterocycles. The maximum atomic E-state index is 4.90. The molecule has 1 aliphatic heterocycles. The van der Waals surface area contributed by atoms with Crippen LogP contribution in [0, 0.1) is 0 Å². The second-order valence-electron chi connectivity index (χ2n) is 1.86. The van der Waals surface area contributed by atoms with Crippen molar-refractivity contribution < 1.29 is 4.74 Å². The Hall–Kier alpha value is -0.600. The number of nitrogens with one attached hydrogen (secondary N) is 1. The first kappa shape index (κ1) is 9.40. The molecule has 0 radical (unpaired) electrons. The molecule has 1 fully saturated rings. The van der Waals surface area contributed by atoms with Crippen molar-refractivity contribution in [2.45, 2.75) is 0 Å². The van der Waals surface area contributed by atoms with Gasteiger partial charge in [-0.1, -0.05) is 12.2 Å². The van der Waals surface area contributed by atoms with Gasteiger partial charge in [-0.2, -0.15) is 0 Å². The van der Waals surface area contributed by atoms with Crippen molar-refractivity contribution in [3.8, 4) is 0 Å². The molecule has 0 atom stereocenters. The predicted octanol–water partition coefficient (Wildman–Crippen LogP) is 0.965. The summed E-state index contributed by atoms with van der Waals surface area (Å²) < 4.78 is 4.90. The Morgan fingerprint density at radius 1 is 1.20 bits per heavy atom. The van der Waals surface area contributed by atoms with Crippen LogP contribution in [0.1, 0.15) is 0 Å². The molecule has 1 rings (SSSR count). The van der Waals surface area contributed by atoms with Crippen molar-refractivity contribution in [1.29, 1.82) is 0 Å². The third kappa shape index (κ3) is 15.7. The van der Waals surface area contributed by atoms with Crippen LogP contribution in [0.5, 0.6) is 0 Å². The maximum absolute atomic E-state index is 4.90. The van der Waals surface area contributed by atoms with Crippen LogP contribution in [0.4, 0.5) is 0 Å². The van der Waals surface area contributed by atoms with Crippen LogP contribution in [-0.2, 0) is 4.74 Å². The van der Waals surface area contributed by atoms with E-state index in [1.165, 1.54) is 13.1 Å². The van der Waals surface area contributed by atoms with Crippen LogP contribution in [0.2, 0.25) is 0 Å². The average molecular weight is 141 g/mol. The molecular formula is C8H15NO. The van der Waals surface area contributed by atoms with Crippen LogP contribution >= 0.6 is 0 Å². The van der Waals surface area contributed by atoms with Gasteiger partial charge in [-0.3, -0.25) is 0 Å². The fraction of sp³-hybridized carbons (Fsp3) is 0.500. The summed E-state index contributed by atoms with van der Waals surface area (Å²) in [5.74, 6) is 0. The molecule has 0 saturated carbocycles. The van der Waals surface area contributed by atoms with Gasteiger partial charge < -0.3 is 10.1 Å². The molecule has 2 heteroatoms. The molecule has 0 aromatic carbocycles. The lowest BCUT2D eigenvalue weighted by Gasteiger charge is -1.89. The van der Waals surface area contributed by atoms with Gasteiger partial charge in [-0.05, 0) is 0 Å². The van der Waals surface area contributed by atoms with Crippen LogP contribution in [0.15, 0.2) is 25.3 Å². The van der Waals surface area contributed by atoms with E-state index < -0.39 is 0 Å². The molecule has 0 aromatic rings. The second kappa shape index (κ2) is 8.40. The highest BCUT2D eigenvalue weighted by molar-refractivity contribution is 4.68. The first-order valence-electron chi connectivity index (χ1n) is 3.42. The highest BCUT2D eigenvalue weighted by Crippen LogP contribution is 1.72. The van der Waals surface area contributed by atoms with Gasteiger partial charge in [0.15, 0.2) is 0 Å². The summed E-state index contributed by atoms with van der Waals surface area (Å²) in [4.78, 5) is 0. The molecule has 1 saturated heterocycles. The van der Waals surface area contributed by atoms with Crippen molar-refractivity contribution in [3.05, 3.63) is 25.3 Å². The standard InChI is InChI=1S/C6H10O.C2H5N/c1-3-5-7-6-4-2;1-2-3-1/h3-4H,1-2,5-6H2;3H,1-2H2. The third-order valence-electron chi connectivity index (χ3n) is 0.721. The summed E-state index contributed by atoms with van der Waals surface area (Å²) in [5.41, 5.74) is 0. The van der Waals surface area contributed by atoms with Crippen molar-refractivity contribution in [2.75, 3.05) is 26.3 Å². The summed E-state index contributed by atoms with van der Waals surface area (Å²) in [7, 11) is 0. The summed E-state index contributed by atoms with van der Waals surface area (Å²) in [6.45, 7) is 10.7. The highest BCUT2D eigenvalue weighted by atomic mass is 16.5. The van der Waals surface area contributed by atoms with Gasteiger partial charge in [-0.25, -0.2) is 0 Å². The SMILES string of the molecule is C1CN1.C=CCOCC=C. The maximum Gasteiger partial charge on any atom is 0.0649 e. The van der Waals surface area contributed by atoms with E-state index in [-0.39, 0.29) is 0 Å². The minimum absolute atomic E-state index is 0.617. The van der Waals surface area contributed by atoms with E-state index in [2.05, 4.69) is 18.5 Å². The molecule has 1 N–H and O–H groups in total. The smallest absolute Gasteiger partial charge is 0.0649 e. The van der Waals surface area contributed by atoms with Crippen molar-refractivity contribution in [1.82, 2.24) is 5.32 Å². The van der Waals surface area contributed by atoms with Gasteiger partial charge in [0.2, 0.25) is 0 Å². The van der Waals surface area contributed by atoms with Crippen molar-refractivity contribution >= 4 is 0 Å². The Kier molecular flexibility index (Phi) is 7.90. The summed E-state index contributed by atoms with van der Waals surface area (Å²) in [6, 6.07) is 0. The van der Waals surface area contributed by atoms with E-state index in [9.17, 15) is 0 Å². The molecule has 58 valence electrons. The second-order valence-corrected chi connectivity index (χ2v) is 1.86. The van der Waals surface area contributed by atoms with E-state index in [0.717, 1.165) is 0 Å². The van der Waals surface area contributed by atoms with E-state index in [4.69, 9.17) is 4.74 Å². The van der Waals surface area contributed by atoms with Gasteiger partial charge in [0.05, 0.1) is 13.2 Å². The molecular weight excluding hydrogens is 126 g/mol. The first-order valence-corrected chi connectivity index (χ1v) is 3.42. The van der Waals surface area contributed by atoms with Crippen LogP contribution in [0.3, 0.4) is 0 Å². The minimum Gasteiger partial charge on any atom is -0.373 e. The van der Waals surface area contributed by atoms with Crippen LogP contribution in [0.25, 0.3) is 0 Å². The van der Waals surface area contributed by atoms with E-state index in [1.54, 1.807) is 12.2 Å². The molecule has 0 bridgehead atoms. The Morgan fingerprint density at radius 2 is 1.60 bits per heavy atom. The third-order valence-corrected chi connectivity index (χ3v) is 0.721. The summed E-state index contributed by atoms with van der Waals surface area (Å²) in [5, 5.41) is 3.00. The zero-order valence-corrected chi connectivity index (χ0v) is 6.31. The largest absolute Gasteiger partial charge is 0.373 e. The quantitative estimate of drug-likeness (QED) is 0.359. The molecule has 0 unspecified atom stereocenters. The van der Waals surface area contributed by atoms with Crippen LogP contribution in [-0.4, -0.2) is 26.3 Å². The average Bonchev–Trinajstić information content (AvgIpc) is 2.73. The first-order chi connectivity index (χ1) is 4.91. The zero-order chi connectivity index (χ0) is 7.66. The summed E-state index contributed by atoms with van der Waals surface area (Å²) >= 11 is 0. The molecule has 1 heterocycles. The zero-order valence-electron chi connectivity index (χ0n) is 6.31. The Bertz CT molecular complexity index is 78.5. The minimum atomic E-state index is 0.617.